The zero-order valence-corrected chi connectivity index (χ0v) is 20.5. The molecule has 4 rings (SSSR count). The average molecular weight is 482 g/mol. The normalized spacial score (nSPS) is 22.6. The first-order valence-corrected chi connectivity index (χ1v) is 12.9. The molecule has 6 heteroatoms. The van der Waals surface area contributed by atoms with Crippen molar-refractivity contribution in [1.82, 2.24) is 0 Å². The zero-order chi connectivity index (χ0) is 23.4. The third kappa shape index (κ3) is 5.10. The molecule has 0 saturated carbocycles. The highest BCUT2D eigenvalue weighted by Crippen LogP contribution is 2.48. The summed E-state index contributed by atoms with van der Waals surface area (Å²) >= 11 is 8.32. The molecule has 0 radical (unpaired) electrons. The van der Waals surface area contributed by atoms with E-state index in [9.17, 15) is 9.59 Å². The number of hydrogen-bond donors (Lipinski definition) is 0. The fourth-order valence-corrected chi connectivity index (χ4v) is 5.57. The summed E-state index contributed by atoms with van der Waals surface area (Å²) in [5.41, 5.74) is 3.97. The predicted molar refractivity (Wildman–Crippen MR) is 135 cm³/mol. The van der Waals surface area contributed by atoms with E-state index in [2.05, 4.69) is 19.1 Å². The number of ether oxygens (including phenoxy) is 1. The highest BCUT2D eigenvalue weighted by atomic mass is 35.5. The Bertz CT molecular complexity index is 1100. The first kappa shape index (κ1) is 23.8. The van der Waals surface area contributed by atoms with Crippen molar-refractivity contribution in [3.8, 4) is 0 Å². The van der Waals surface area contributed by atoms with E-state index in [1.165, 1.54) is 0 Å². The first-order valence-electron chi connectivity index (χ1n) is 11.4. The zero-order valence-electron chi connectivity index (χ0n) is 18.9. The van der Waals surface area contributed by atoms with Crippen LogP contribution in [0.3, 0.4) is 0 Å². The van der Waals surface area contributed by atoms with Gasteiger partial charge in [0.1, 0.15) is 12.5 Å². The molecular formula is C27H28ClNO3S. The minimum Gasteiger partial charge on any atom is -0.464 e. The lowest BCUT2D eigenvalue weighted by Gasteiger charge is -2.36. The van der Waals surface area contributed by atoms with Crippen LogP contribution in [0.5, 0.6) is 0 Å². The van der Waals surface area contributed by atoms with Crippen LogP contribution in [-0.4, -0.2) is 35.6 Å². The molecule has 33 heavy (non-hydrogen) atoms. The number of nitrogens with zero attached hydrogens (tertiary/aromatic N) is 1. The summed E-state index contributed by atoms with van der Waals surface area (Å²) in [7, 11) is 0. The van der Waals surface area contributed by atoms with Crippen LogP contribution in [0.1, 0.15) is 49.7 Å². The Morgan fingerprint density at radius 2 is 1.85 bits per heavy atom. The van der Waals surface area contributed by atoms with E-state index in [0.29, 0.717) is 35.8 Å². The van der Waals surface area contributed by atoms with Gasteiger partial charge in [-0.05, 0) is 42.2 Å². The average Bonchev–Trinajstić information content (AvgIpc) is 2.81. The molecule has 1 aliphatic carbocycles. The van der Waals surface area contributed by atoms with E-state index >= 15 is 0 Å². The van der Waals surface area contributed by atoms with Gasteiger partial charge in [-0.2, -0.15) is 11.8 Å². The van der Waals surface area contributed by atoms with E-state index in [1.54, 1.807) is 17.8 Å². The van der Waals surface area contributed by atoms with Crippen LogP contribution in [0.4, 0.5) is 0 Å². The highest BCUT2D eigenvalue weighted by molar-refractivity contribution is 7.99. The van der Waals surface area contributed by atoms with Crippen LogP contribution in [0.15, 0.2) is 70.9 Å². The molecule has 2 aromatic rings. The predicted octanol–water partition coefficient (Wildman–Crippen LogP) is 6.21. The molecule has 0 aromatic heterocycles. The molecule has 0 fully saturated rings. The van der Waals surface area contributed by atoms with Crippen molar-refractivity contribution in [2.24, 2.45) is 10.9 Å². The van der Waals surface area contributed by atoms with Gasteiger partial charge in [0, 0.05) is 40.1 Å². The molecule has 0 saturated heterocycles. The number of rotatable bonds is 7. The van der Waals surface area contributed by atoms with Gasteiger partial charge in [0.2, 0.25) is 0 Å². The number of carbonyl (C=O) groups is 2. The summed E-state index contributed by atoms with van der Waals surface area (Å²) in [6.07, 6.45) is 1.06. The van der Waals surface area contributed by atoms with Gasteiger partial charge in [0.15, 0.2) is 5.78 Å². The number of carbonyl (C=O) groups excluding carboxylic acids is 2. The lowest BCUT2D eigenvalue weighted by molar-refractivity contribution is -0.145. The van der Waals surface area contributed by atoms with E-state index in [4.69, 9.17) is 21.3 Å². The summed E-state index contributed by atoms with van der Waals surface area (Å²) < 4.78 is 5.63. The van der Waals surface area contributed by atoms with Crippen LogP contribution in [0, 0.1) is 5.92 Å². The standard InChI is InChI=1S/C27H28ClNO3S/c1-3-33-14-13-32-27(31)24-17(2)29-22-15-19(18-9-5-4-6-10-18)16-23(30)26(22)25(24)20-11-7-8-12-21(20)28/h4-12,19,24-25H,3,13-16H2,1-2H3/t19-,24?,25-/m1/s1. The molecule has 0 bridgehead atoms. The second-order valence-corrected chi connectivity index (χ2v) is 10.2. The molecule has 2 aromatic carbocycles. The molecule has 0 spiro atoms. The van der Waals surface area contributed by atoms with Crippen molar-refractivity contribution in [2.75, 3.05) is 18.1 Å². The van der Waals surface area contributed by atoms with E-state index in [1.807, 2.05) is 43.3 Å². The van der Waals surface area contributed by atoms with Crippen molar-refractivity contribution in [3.63, 3.8) is 0 Å². The Hall–Kier alpha value is -2.37. The van der Waals surface area contributed by atoms with Gasteiger partial charge in [-0.3, -0.25) is 14.6 Å². The smallest absolute Gasteiger partial charge is 0.315 e. The van der Waals surface area contributed by atoms with Crippen LogP contribution in [0.2, 0.25) is 5.02 Å². The van der Waals surface area contributed by atoms with Crippen molar-refractivity contribution in [3.05, 3.63) is 82.0 Å². The van der Waals surface area contributed by atoms with Gasteiger partial charge in [-0.25, -0.2) is 0 Å². The number of thioether (sulfide) groups is 1. The summed E-state index contributed by atoms with van der Waals surface area (Å²) in [5.74, 6) is 0.336. The van der Waals surface area contributed by atoms with Crippen LogP contribution >= 0.6 is 23.4 Å². The molecule has 172 valence electrons. The van der Waals surface area contributed by atoms with Crippen LogP contribution < -0.4 is 0 Å². The third-order valence-corrected chi connectivity index (χ3v) is 7.54. The van der Waals surface area contributed by atoms with Crippen molar-refractivity contribution in [2.45, 2.75) is 38.5 Å². The van der Waals surface area contributed by atoms with Gasteiger partial charge < -0.3 is 4.74 Å². The Morgan fingerprint density at radius 1 is 1.12 bits per heavy atom. The summed E-state index contributed by atoms with van der Waals surface area (Å²) in [5, 5.41) is 0.543. The molecule has 0 amide bonds. The topological polar surface area (TPSA) is 55.7 Å². The highest BCUT2D eigenvalue weighted by Gasteiger charge is 2.45. The van der Waals surface area contributed by atoms with Gasteiger partial charge in [0.05, 0.1) is 0 Å². The number of halogens is 1. The number of hydrogen-bond acceptors (Lipinski definition) is 5. The second-order valence-electron chi connectivity index (χ2n) is 8.39. The van der Waals surface area contributed by atoms with Crippen molar-refractivity contribution in [1.29, 1.82) is 0 Å². The Morgan fingerprint density at radius 3 is 2.58 bits per heavy atom. The lowest BCUT2D eigenvalue weighted by Crippen LogP contribution is -2.38. The Labute approximate surface area is 204 Å². The van der Waals surface area contributed by atoms with Gasteiger partial charge in [-0.15, -0.1) is 0 Å². The fourth-order valence-electron chi connectivity index (χ4n) is 4.82. The van der Waals surface area contributed by atoms with E-state index in [0.717, 1.165) is 28.3 Å². The number of aliphatic imine (C=N–C) groups is 1. The van der Waals surface area contributed by atoms with Crippen molar-refractivity contribution >= 4 is 40.8 Å². The van der Waals surface area contributed by atoms with Gasteiger partial charge in [-0.1, -0.05) is 67.1 Å². The molecule has 0 N–H and O–H groups in total. The quantitative estimate of drug-likeness (QED) is 0.348. The van der Waals surface area contributed by atoms with Crippen molar-refractivity contribution < 1.29 is 14.3 Å². The number of ketones is 1. The maximum atomic E-state index is 13.6. The Kier molecular flexibility index (Phi) is 7.71. The molecule has 1 heterocycles. The summed E-state index contributed by atoms with van der Waals surface area (Å²) in [6, 6.07) is 17.5. The molecule has 1 aliphatic heterocycles. The van der Waals surface area contributed by atoms with Crippen LogP contribution in [-0.2, 0) is 14.3 Å². The van der Waals surface area contributed by atoms with Crippen LogP contribution in [0.25, 0.3) is 0 Å². The monoisotopic (exact) mass is 481 g/mol. The number of Topliss-reactive ketones (excluding diaryl/α,β-unsaturated/α-hetero) is 1. The third-order valence-electron chi connectivity index (χ3n) is 6.33. The SMILES string of the molecule is CCSCCOC(=O)C1C(C)=NC2=C(C(=O)C[C@H](c3ccccc3)C2)[C@@H]1c1ccccc1Cl. The number of esters is 1. The number of allylic oxidation sites excluding steroid dienone is 2. The molecule has 2 aliphatic rings. The van der Waals surface area contributed by atoms with Gasteiger partial charge in [0.25, 0.3) is 0 Å². The molecule has 3 atom stereocenters. The van der Waals surface area contributed by atoms with Gasteiger partial charge >= 0.3 is 5.97 Å². The Balaban J connectivity index is 1.72. The molecule has 4 nitrogen and oxygen atoms in total. The fraction of sp³-hybridized carbons (Fsp3) is 0.370. The molecular weight excluding hydrogens is 454 g/mol. The maximum absolute atomic E-state index is 13.6. The first-order chi connectivity index (χ1) is 16.0. The number of benzene rings is 2. The summed E-state index contributed by atoms with van der Waals surface area (Å²) in [6.45, 7) is 4.27. The molecule has 1 unspecified atom stereocenters. The van der Waals surface area contributed by atoms with E-state index in [-0.39, 0.29) is 17.7 Å². The lowest BCUT2D eigenvalue weighted by atomic mass is 9.69. The minimum absolute atomic E-state index is 0.0330. The second kappa shape index (κ2) is 10.7. The summed E-state index contributed by atoms with van der Waals surface area (Å²) in [4.78, 5) is 31.6. The van der Waals surface area contributed by atoms with E-state index < -0.39 is 11.8 Å². The maximum Gasteiger partial charge on any atom is 0.315 e. The minimum atomic E-state index is -0.660. The largest absolute Gasteiger partial charge is 0.464 e.